The van der Waals surface area contributed by atoms with Crippen LogP contribution < -0.4 is 5.56 Å². The minimum Gasteiger partial charge on any atom is -0.467 e. The van der Waals surface area contributed by atoms with Crippen molar-refractivity contribution in [2.45, 2.75) is 45.9 Å². The van der Waals surface area contributed by atoms with E-state index in [2.05, 4.69) is 55.9 Å². The molecule has 0 aliphatic carbocycles. The van der Waals surface area contributed by atoms with E-state index in [1.54, 1.807) is 22.3 Å². The number of thiophene rings is 1. The molecule has 8 nitrogen and oxygen atoms in total. The topological polar surface area (TPSA) is 92.8 Å². The number of aryl methyl sites for hydroxylation is 1. The molecule has 4 aromatic heterocycles. The fourth-order valence-electron chi connectivity index (χ4n) is 4.29. The van der Waals surface area contributed by atoms with Crippen molar-refractivity contribution in [1.82, 2.24) is 30.1 Å². The van der Waals surface area contributed by atoms with E-state index in [1.807, 2.05) is 37.3 Å². The fourth-order valence-corrected chi connectivity index (χ4v) is 5.02. The average molecular weight is 475 g/mol. The van der Waals surface area contributed by atoms with Crippen molar-refractivity contribution in [3.63, 3.8) is 0 Å². The molecule has 0 spiro atoms. The molecule has 5 aromatic rings. The smallest absolute Gasteiger partial charge is 0.252 e. The van der Waals surface area contributed by atoms with Gasteiger partial charge in [-0.3, -0.25) is 9.69 Å². The lowest BCUT2D eigenvalue weighted by Crippen LogP contribution is -2.32. The molecule has 1 N–H and O–H groups in total. The molecule has 0 aliphatic rings. The van der Waals surface area contributed by atoms with Gasteiger partial charge in [0.05, 0.1) is 12.3 Å². The number of H-pyrrole nitrogens is 1. The Bertz CT molecular complexity index is 1420. The largest absolute Gasteiger partial charge is 0.467 e. The van der Waals surface area contributed by atoms with Gasteiger partial charge in [-0.2, -0.15) is 0 Å². The summed E-state index contributed by atoms with van der Waals surface area (Å²) < 4.78 is 7.29. The van der Waals surface area contributed by atoms with Crippen molar-refractivity contribution < 1.29 is 4.42 Å². The van der Waals surface area contributed by atoms with E-state index in [0.717, 1.165) is 40.0 Å². The molecule has 174 valence electrons. The predicted octanol–water partition coefficient (Wildman–Crippen LogP) is 4.68. The maximum absolute atomic E-state index is 13.0. The highest BCUT2D eigenvalue weighted by atomic mass is 32.1. The number of benzene rings is 1. The number of nitrogens with zero attached hydrogens (tertiary/aromatic N) is 5. The lowest BCUT2D eigenvalue weighted by atomic mass is 10.1. The zero-order valence-electron chi connectivity index (χ0n) is 19.1. The molecule has 34 heavy (non-hydrogen) atoms. The summed E-state index contributed by atoms with van der Waals surface area (Å²) in [7, 11) is 0. The molecule has 0 radical (unpaired) electrons. The summed E-state index contributed by atoms with van der Waals surface area (Å²) in [5, 5.41) is 15.6. The lowest BCUT2D eigenvalue weighted by Gasteiger charge is -2.29. The molecule has 0 amide bonds. The normalized spacial score (nSPS) is 12.6. The van der Waals surface area contributed by atoms with E-state index in [0.29, 0.717) is 19.6 Å². The van der Waals surface area contributed by atoms with E-state index in [9.17, 15) is 4.79 Å². The quantitative estimate of drug-likeness (QED) is 0.333. The van der Waals surface area contributed by atoms with Crippen LogP contribution in [0.15, 0.2) is 69.4 Å². The van der Waals surface area contributed by atoms with Gasteiger partial charge in [0.2, 0.25) is 0 Å². The van der Waals surface area contributed by atoms with Crippen molar-refractivity contribution in [3.05, 3.63) is 98.1 Å². The Morgan fingerprint density at radius 2 is 2.09 bits per heavy atom. The summed E-state index contributed by atoms with van der Waals surface area (Å²) in [6, 6.07) is 15.9. The van der Waals surface area contributed by atoms with Crippen LogP contribution >= 0.6 is 11.3 Å². The van der Waals surface area contributed by atoms with Gasteiger partial charge in [0.25, 0.3) is 5.56 Å². The molecule has 0 saturated carbocycles. The maximum Gasteiger partial charge on any atom is 0.252 e. The van der Waals surface area contributed by atoms with Crippen LogP contribution in [0.4, 0.5) is 0 Å². The first kappa shape index (κ1) is 22.2. The van der Waals surface area contributed by atoms with Crippen LogP contribution in [0.1, 0.15) is 47.0 Å². The highest BCUT2D eigenvalue weighted by Crippen LogP contribution is 2.28. The molecule has 1 atom stereocenters. The van der Waals surface area contributed by atoms with Gasteiger partial charge in [0, 0.05) is 29.0 Å². The minimum atomic E-state index is -0.0832. The Kier molecular flexibility index (Phi) is 6.37. The number of hydrogen-bond acceptors (Lipinski definition) is 7. The van der Waals surface area contributed by atoms with Crippen LogP contribution in [0.25, 0.3) is 10.9 Å². The molecule has 1 aromatic carbocycles. The Labute approximate surface area is 200 Å². The number of fused-ring (bicyclic) bond motifs is 1. The van der Waals surface area contributed by atoms with Crippen molar-refractivity contribution in [2.75, 3.05) is 0 Å². The van der Waals surface area contributed by atoms with Crippen LogP contribution in [-0.4, -0.2) is 30.1 Å². The van der Waals surface area contributed by atoms with Gasteiger partial charge in [-0.1, -0.05) is 25.1 Å². The van der Waals surface area contributed by atoms with Crippen molar-refractivity contribution in [3.8, 4) is 0 Å². The first-order valence-corrected chi connectivity index (χ1v) is 12.2. The SMILES string of the molecule is CCC(c1nnnn1Cc1ccco1)N(Cc1cccs1)Cc1cc2ccc(C)cc2[nH]c1=O. The summed E-state index contributed by atoms with van der Waals surface area (Å²) in [5.74, 6) is 1.54. The number of rotatable bonds is 9. The fraction of sp³-hybridized carbons (Fsp3) is 0.280. The number of furan rings is 1. The zero-order chi connectivity index (χ0) is 23.5. The van der Waals surface area contributed by atoms with E-state index >= 15 is 0 Å². The molecular weight excluding hydrogens is 448 g/mol. The standard InChI is InChI=1S/C25H26N6O2S/c1-3-23(24-27-28-29-31(24)15-20-6-4-10-33-20)30(16-21-7-5-11-34-21)14-19-13-18-9-8-17(2)12-22(18)26-25(19)32/h4-13,23H,3,14-16H2,1-2H3,(H,26,32). The molecule has 0 aliphatic heterocycles. The third-order valence-corrected chi connectivity index (χ3v) is 6.82. The molecule has 9 heteroatoms. The first-order chi connectivity index (χ1) is 16.6. The monoisotopic (exact) mass is 474 g/mol. The number of aromatic nitrogens is 5. The minimum absolute atomic E-state index is 0.0701. The molecular formula is C25H26N6O2S. The summed E-state index contributed by atoms with van der Waals surface area (Å²) >= 11 is 1.70. The van der Waals surface area contributed by atoms with Gasteiger partial charge in [-0.25, -0.2) is 4.68 Å². The van der Waals surface area contributed by atoms with Gasteiger partial charge >= 0.3 is 0 Å². The van der Waals surface area contributed by atoms with Gasteiger partial charge < -0.3 is 9.40 Å². The van der Waals surface area contributed by atoms with Crippen LogP contribution in [0.3, 0.4) is 0 Å². The van der Waals surface area contributed by atoms with Crippen LogP contribution in [0.5, 0.6) is 0 Å². The number of aromatic amines is 1. The van der Waals surface area contributed by atoms with Gasteiger partial charge in [0.15, 0.2) is 5.82 Å². The van der Waals surface area contributed by atoms with Gasteiger partial charge in [-0.05, 0) is 70.4 Å². The summed E-state index contributed by atoms with van der Waals surface area (Å²) in [6.07, 6.45) is 2.43. The molecule has 4 heterocycles. The van der Waals surface area contributed by atoms with E-state index in [4.69, 9.17) is 4.42 Å². The van der Waals surface area contributed by atoms with Crippen molar-refractivity contribution in [2.24, 2.45) is 0 Å². The second kappa shape index (κ2) is 9.74. The highest BCUT2D eigenvalue weighted by Gasteiger charge is 2.26. The van der Waals surface area contributed by atoms with Gasteiger partial charge in [-0.15, -0.1) is 16.4 Å². The van der Waals surface area contributed by atoms with Crippen molar-refractivity contribution in [1.29, 1.82) is 0 Å². The van der Waals surface area contributed by atoms with Crippen molar-refractivity contribution >= 4 is 22.2 Å². The second-order valence-electron chi connectivity index (χ2n) is 8.40. The summed E-state index contributed by atoms with van der Waals surface area (Å²) in [6.45, 7) is 5.76. The van der Waals surface area contributed by atoms with E-state index in [-0.39, 0.29) is 11.6 Å². The summed E-state index contributed by atoms with van der Waals surface area (Å²) in [5.41, 5.74) is 2.62. The Morgan fingerprint density at radius 3 is 2.85 bits per heavy atom. The highest BCUT2D eigenvalue weighted by molar-refractivity contribution is 7.09. The third-order valence-electron chi connectivity index (χ3n) is 5.96. The van der Waals surface area contributed by atoms with E-state index < -0.39 is 0 Å². The van der Waals surface area contributed by atoms with Crippen LogP contribution in [0.2, 0.25) is 0 Å². The van der Waals surface area contributed by atoms with Crippen LogP contribution in [-0.2, 0) is 19.6 Å². The lowest BCUT2D eigenvalue weighted by molar-refractivity contribution is 0.162. The first-order valence-electron chi connectivity index (χ1n) is 11.3. The third kappa shape index (κ3) is 4.71. The molecule has 1 unspecified atom stereocenters. The zero-order valence-corrected chi connectivity index (χ0v) is 20.0. The Balaban J connectivity index is 1.50. The number of tetrazole rings is 1. The molecule has 5 rings (SSSR count). The van der Waals surface area contributed by atoms with Crippen LogP contribution in [0, 0.1) is 6.92 Å². The molecule has 0 saturated heterocycles. The second-order valence-corrected chi connectivity index (χ2v) is 9.43. The predicted molar refractivity (Wildman–Crippen MR) is 132 cm³/mol. The Hall–Kier alpha value is -3.56. The number of nitrogens with one attached hydrogen (secondary N) is 1. The van der Waals surface area contributed by atoms with Gasteiger partial charge in [0.1, 0.15) is 12.3 Å². The number of pyridine rings is 1. The maximum atomic E-state index is 13.0. The van der Waals surface area contributed by atoms with E-state index in [1.165, 1.54) is 4.88 Å². The Morgan fingerprint density at radius 1 is 1.18 bits per heavy atom. The molecule has 0 bridgehead atoms. The number of hydrogen-bond donors (Lipinski definition) is 1. The average Bonchev–Trinajstić information content (AvgIpc) is 3.60. The molecule has 0 fully saturated rings. The summed E-state index contributed by atoms with van der Waals surface area (Å²) in [4.78, 5) is 19.6.